The highest BCUT2D eigenvalue weighted by Gasteiger charge is 2.07. The predicted molar refractivity (Wildman–Crippen MR) is 86.2 cm³/mol. The van der Waals surface area contributed by atoms with Crippen molar-refractivity contribution in [3.05, 3.63) is 59.4 Å². The third kappa shape index (κ3) is 3.77. The summed E-state index contributed by atoms with van der Waals surface area (Å²) in [4.78, 5) is 7.54. The number of nitrogens with one attached hydrogen (secondary N) is 1. The molecule has 0 saturated heterocycles. The zero-order valence-electron chi connectivity index (χ0n) is 12.0. The Balaban J connectivity index is 1.54. The van der Waals surface area contributed by atoms with E-state index in [1.54, 1.807) is 11.3 Å². The molecule has 21 heavy (non-hydrogen) atoms. The van der Waals surface area contributed by atoms with Gasteiger partial charge in [-0.15, -0.1) is 11.3 Å². The number of hydrogen-bond acceptors (Lipinski definition) is 4. The first-order valence-corrected chi connectivity index (χ1v) is 7.85. The lowest BCUT2D eigenvalue weighted by molar-refractivity contribution is 0.327. The number of likely N-dealkylation sites (N-methyl/N-ethyl adjacent to an activating group) is 1. The maximum Gasteiger partial charge on any atom is 0.102 e. The smallest absolute Gasteiger partial charge is 0.102 e. The van der Waals surface area contributed by atoms with Gasteiger partial charge in [0.2, 0.25) is 0 Å². The van der Waals surface area contributed by atoms with Crippen LogP contribution in [0.3, 0.4) is 0 Å². The quantitative estimate of drug-likeness (QED) is 0.760. The summed E-state index contributed by atoms with van der Waals surface area (Å²) in [5.74, 6) is 0. The van der Waals surface area contributed by atoms with Crippen molar-refractivity contribution in [2.24, 2.45) is 0 Å². The van der Waals surface area contributed by atoms with E-state index in [4.69, 9.17) is 0 Å². The Labute approximate surface area is 128 Å². The first kappa shape index (κ1) is 14.0. The third-order valence-corrected chi connectivity index (χ3v) is 4.27. The first-order chi connectivity index (χ1) is 10.3. The van der Waals surface area contributed by atoms with Gasteiger partial charge >= 0.3 is 0 Å². The molecule has 0 spiro atoms. The maximum absolute atomic E-state index is 4.38. The number of pyridine rings is 1. The molecule has 3 rings (SSSR count). The van der Waals surface area contributed by atoms with Crippen molar-refractivity contribution in [2.45, 2.75) is 13.0 Å². The van der Waals surface area contributed by atoms with Crippen molar-refractivity contribution in [1.29, 1.82) is 0 Å². The van der Waals surface area contributed by atoms with Crippen molar-refractivity contribution in [3.63, 3.8) is 0 Å². The molecule has 1 N–H and O–H groups in total. The van der Waals surface area contributed by atoms with E-state index in [0.29, 0.717) is 0 Å². The minimum Gasteiger partial charge on any atom is -0.300 e. The number of rotatable bonds is 6. The molecule has 5 heteroatoms. The van der Waals surface area contributed by atoms with Crippen molar-refractivity contribution >= 4 is 11.3 Å². The van der Waals surface area contributed by atoms with E-state index < -0.39 is 0 Å². The van der Waals surface area contributed by atoms with E-state index in [1.165, 1.54) is 10.4 Å². The second-order valence-corrected chi connectivity index (χ2v) is 6.05. The van der Waals surface area contributed by atoms with Crippen molar-refractivity contribution in [3.8, 4) is 10.6 Å². The highest BCUT2D eigenvalue weighted by atomic mass is 32.1. The van der Waals surface area contributed by atoms with Gasteiger partial charge in [-0.25, -0.2) is 0 Å². The third-order valence-electron chi connectivity index (χ3n) is 3.38. The highest BCUT2D eigenvalue weighted by Crippen LogP contribution is 2.23. The Kier molecular flexibility index (Phi) is 4.43. The van der Waals surface area contributed by atoms with Gasteiger partial charge in [-0.05, 0) is 48.7 Å². The van der Waals surface area contributed by atoms with Gasteiger partial charge in [0, 0.05) is 31.2 Å². The zero-order chi connectivity index (χ0) is 14.5. The van der Waals surface area contributed by atoms with Crippen molar-refractivity contribution in [2.75, 3.05) is 13.6 Å². The zero-order valence-corrected chi connectivity index (χ0v) is 12.8. The Morgan fingerprint density at radius 3 is 2.86 bits per heavy atom. The molecule has 108 valence electrons. The van der Waals surface area contributed by atoms with Crippen LogP contribution in [0.2, 0.25) is 0 Å². The standard InChI is InChI=1S/C16H18N4S/c1-20(9-6-13-4-7-17-8-5-13)12-14-11-15(19-18-14)16-3-2-10-21-16/h2-5,7-8,10-11H,6,9,12H2,1H3,(H,18,19). The fourth-order valence-electron chi connectivity index (χ4n) is 2.23. The fourth-order valence-corrected chi connectivity index (χ4v) is 2.92. The Hall–Kier alpha value is -1.98. The van der Waals surface area contributed by atoms with Gasteiger partial charge in [-0.3, -0.25) is 10.1 Å². The van der Waals surface area contributed by atoms with Crippen LogP contribution in [0.15, 0.2) is 48.1 Å². The molecule has 3 aromatic heterocycles. The second kappa shape index (κ2) is 6.65. The van der Waals surface area contributed by atoms with E-state index in [1.807, 2.05) is 12.4 Å². The van der Waals surface area contributed by atoms with E-state index >= 15 is 0 Å². The number of nitrogens with zero attached hydrogens (tertiary/aromatic N) is 3. The molecule has 0 radical (unpaired) electrons. The van der Waals surface area contributed by atoms with Crippen LogP contribution in [0.5, 0.6) is 0 Å². The number of hydrogen-bond donors (Lipinski definition) is 1. The van der Waals surface area contributed by atoms with Crippen LogP contribution < -0.4 is 0 Å². The summed E-state index contributed by atoms with van der Waals surface area (Å²) in [7, 11) is 2.13. The van der Waals surface area contributed by atoms with Crippen LogP contribution in [0.4, 0.5) is 0 Å². The van der Waals surface area contributed by atoms with Crippen LogP contribution in [-0.2, 0) is 13.0 Å². The summed E-state index contributed by atoms with van der Waals surface area (Å²) in [6.07, 6.45) is 4.72. The minimum atomic E-state index is 0.878. The summed E-state index contributed by atoms with van der Waals surface area (Å²) in [5.41, 5.74) is 3.50. The monoisotopic (exact) mass is 298 g/mol. The molecule has 0 atom stereocenters. The van der Waals surface area contributed by atoms with Gasteiger partial charge in [0.25, 0.3) is 0 Å². The summed E-state index contributed by atoms with van der Waals surface area (Å²) in [6.45, 7) is 1.89. The topological polar surface area (TPSA) is 44.8 Å². The lowest BCUT2D eigenvalue weighted by Crippen LogP contribution is -2.20. The van der Waals surface area contributed by atoms with E-state index in [2.05, 4.69) is 62.8 Å². The lowest BCUT2D eigenvalue weighted by Gasteiger charge is -2.15. The molecule has 0 bridgehead atoms. The normalized spacial score (nSPS) is 11.1. The molecular formula is C16H18N4S. The lowest BCUT2D eigenvalue weighted by atomic mass is 10.2. The molecule has 0 fully saturated rings. The minimum absolute atomic E-state index is 0.878. The Morgan fingerprint density at radius 1 is 1.24 bits per heavy atom. The van der Waals surface area contributed by atoms with Gasteiger partial charge in [0.15, 0.2) is 0 Å². The molecule has 3 heterocycles. The van der Waals surface area contributed by atoms with Crippen LogP contribution in [0.1, 0.15) is 11.3 Å². The van der Waals surface area contributed by atoms with Crippen molar-refractivity contribution in [1.82, 2.24) is 20.1 Å². The molecule has 0 aliphatic carbocycles. The van der Waals surface area contributed by atoms with Gasteiger partial charge in [-0.1, -0.05) is 6.07 Å². The maximum atomic E-state index is 4.38. The van der Waals surface area contributed by atoms with Crippen LogP contribution in [-0.4, -0.2) is 33.7 Å². The largest absolute Gasteiger partial charge is 0.300 e. The first-order valence-electron chi connectivity index (χ1n) is 6.97. The van der Waals surface area contributed by atoms with Gasteiger partial charge in [0.1, 0.15) is 5.69 Å². The molecule has 3 aromatic rings. The molecule has 4 nitrogen and oxygen atoms in total. The number of aromatic amines is 1. The molecule has 0 saturated carbocycles. The average molecular weight is 298 g/mol. The molecule has 0 aliphatic heterocycles. The van der Waals surface area contributed by atoms with Gasteiger partial charge < -0.3 is 4.90 Å². The van der Waals surface area contributed by atoms with Crippen LogP contribution in [0, 0.1) is 0 Å². The molecule has 0 aromatic carbocycles. The SMILES string of the molecule is CN(CCc1ccncc1)Cc1cc(-c2cccs2)n[nH]1. The summed E-state index contributed by atoms with van der Waals surface area (Å²) in [5, 5.41) is 9.58. The molecule has 0 amide bonds. The Bertz CT molecular complexity index is 661. The van der Waals surface area contributed by atoms with E-state index in [0.717, 1.165) is 30.9 Å². The van der Waals surface area contributed by atoms with E-state index in [9.17, 15) is 0 Å². The van der Waals surface area contributed by atoms with Gasteiger partial charge in [0.05, 0.1) is 4.88 Å². The molecular weight excluding hydrogens is 280 g/mol. The number of aromatic nitrogens is 3. The number of thiophene rings is 1. The average Bonchev–Trinajstić information content (AvgIpc) is 3.17. The second-order valence-electron chi connectivity index (χ2n) is 5.10. The molecule has 0 aliphatic rings. The summed E-state index contributed by atoms with van der Waals surface area (Å²) in [6, 6.07) is 10.4. The number of H-pyrrole nitrogens is 1. The molecule has 0 unspecified atom stereocenters. The van der Waals surface area contributed by atoms with Crippen LogP contribution in [0.25, 0.3) is 10.6 Å². The highest BCUT2D eigenvalue weighted by molar-refractivity contribution is 7.13. The Morgan fingerprint density at radius 2 is 2.10 bits per heavy atom. The van der Waals surface area contributed by atoms with Crippen LogP contribution >= 0.6 is 11.3 Å². The fraction of sp³-hybridized carbons (Fsp3) is 0.250. The van der Waals surface area contributed by atoms with E-state index in [-0.39, 0.29) is 0 Å². The van der Waals surface area contributed by atoms with Gasteiger partial charge in [-0.2, -0.15) is 5.10 Å². The van der Waals surface area contributed by atoms with Crippen molar-refractivity contribution < 1.29 is 0 Å². The summed E-state index contributed by atoms with van der Waals surface area (Å²) >= 11 is 1.71. The summed E-state index contributed by atoms with van der Waals surface area (Å²) < 4.78 is 0. The predicted octanol–water partition coefficient (Wildman–Crippen LogP) is 3.21.